The number of hydrogen-bond donors (Lipinski definition) is 1. The van der Waals surface area contributed by atoms with E-state index in [9.17, 15) is 9.59 Å². The first-order valence-corrected chi connectivity index (χ1v) is 13.4. The summed E-state index contributed by atoms with van der Waals surface area (Å²) in [4.78, 5) is 36.0. The molecule has 0 aliphatic carbocycles. The second-order valence-corrected chi connectivity index (χ2v) is 10.2. The van der Waals surface area contributed by atoms with Gasteiger partial charge in [-0.05, 0) is 37.8 Å². The Bertz CT molecular complexity index is 1020. The molecule has 9 heteroatoms. The Morgan fingerprint density at radius 1 is 1.22 bits per heavy atom. The Balaban J connectivity index is 1.57. The number of nitrogens with zero attached hydrogens (tertiary/aromatic N) is 4. The van der Waals surface area contributed by atoms with Crippen LogP contribution in [0.15, 0.2) is 24.3 Å². The second-order valence-electron chi connectivity index (χ2n) is 10.2. The zero-order valence-electron chi connectivity index (χ0n) is 21.9. The van der Waals surface area contributed by atoms with E-state index in [4.69, 9.17) is 14.5 Å². The zero-order chi connectivity index (χ0) is 25.5. The smallest absolute Gasteiger partial charge is 0.290 e. The lowest BCUT2D eigenvalue weighted by atomic mass is 9.92. The van der Waals surface area contributed by atoms with Gasteiger partial charge in [0.15, 0.2) is 5.82 Å². The third-order valence-electron chi connectivity index (χ3n) is 6.98. The van der Waals surface area contributed by atoms with Gasteiger partial charge in [0, 0.05) is 58.5 Å². The molecule has 9 nitrogen and oxygen atoms in total. The fourth-order valence-corrected chi connectivity index (χ4v) is 5.24. The number of benzene rings is 1. The highest BCUT2D eigenvalue weighted by Gasteiger charge is 2.36. The second kappa shape index (κ2) is 12.7. The molecule has 2 saturated heterocycles. The number of ether oxygens (including phenoxy) is 2. The van der Waals surface area contributed by atoms with Crippen molar-refractivity contribution in [1.82, 2.24) is 24.7 Å². The van der Waals surface area contributed by atoms with E-state index < -0.39 is 0 Å². The average Bonchev–Trinajstić information content (AvgIpc) is 3.28. The molecular weight excluding hydrogens is 458 g/mol. The molecule has 0 saturated carbocycles. The number of imidazole rings is 1. The van der Waals surface area contributed by atoms with E-state index >= 15 is 0 Å². The number of aromatic nitrogens is 2. The molecule has 2 atom stereocenters. The van der Waals surface area contributed by atoms with Gasteiger partial charge in [-0.2, -0.15) is 0 Å². The highest BCUT2D eigenvalue weighted by molar-refractivity contribution is 5.95. The minimum Gasteiger partial charge on any atom is -0.382 e. The lowest BCUT2D eigenvalue weighted by Crippen LogP contribution is -2.56. The van der Waals surface area contributed by atoms with Gasteiger partial charge in [0.1, 0.15) is 0 Å². The van der Waals surface area contributed by atoms with E-state index in [-0.39, 0.29) is 23.8 Å². The number of morpholine rings is 1. The molecule has 2 aromatic rings. The molecule has 4 rings (SSSR count). The van der Waals surface area contributed by atoms with Crippen LogP contribution in [0.5, 0.6) is 0 Å². The first kappa shape index (κ1) is 26.6. The summed E-state index contributed by atoms with van der Waals surface area (Å²) in [6.45, 7) is 12.6. The molecule has 0 spiro atoms. The largest absolute Gasteiger partial charge is 0.382 e. The summed E-state index contributed by atoms with van der Waals surface area (Å²) >= 11 is 0. The van der Waals surface area contributed by atoms with E-state index in [1.54, 1.807) is 0 Å². The van der Waals surface area contributed by atoms with E-state index in [1.807, 2.05) is 45.6 Å². The predicted molar refractivity (Wildman–Crippen MR) is 139 cm³/mol. The van der Waals surface area contributed by atoms with Crippen molar-refractivity contribution >= 4 is 22.8 Å². The van der Waals surface area contributed by atoms with Gasteiger partial charge < -0.3 is 29.2 Å². The maximum Gasteiger partial charge on any atom is 0.290 e. The summed E-state index contributed by atoms with van der Waals surface area (Å²) < 4.78 is 13.0. The van der Waals surface area contributed by atoms with Crippen molar-refractivity contribution in [3.05, 3.63) is 30.1 Å². The first-order chi connectivity index (χ1) is 17.5. The minimum atomic E-state index is -0.144. The number of hydrogen-bond acceptors (Lipinski definition) is 6. The summed E-state index contributed by atoms with van der Waals surface area (Å²) in [6.07, 6.45) is 1.46. The Hall–Kier alpha value is -2.49. The molecule has 1 N–H and O–H groups in total. The van der Waals surface area contributed by atoms with Crippen molar-refractivity contribution in [2.24, 2.45) is 11.8 Å². The molecule has 2 unspecified atom stereocenters. The maximum atomic E-state index is 14.1. The third-order valence-corrected chi connectivity index (χ3v) is 6.98. The predicted octanol–water partition coefficient (Wildman–Crippen LogP) is 2.40. The van der Waals surface area contributed by atoms with Gasteiger partial charge >= 0.3 is 0 Å². The maximum absolute atomic E-state index is 14.1. The number of fused-ring (bicyclic) bond motifs is 1. The Kier molecular flexibility index (Phi) is 9.34. The van der Waals surface area contributed by atoms with Crippen molar-refractivity contribution in [2.45, 2.75) is 46.2 Å². The highest BCUT2D eigenvalue weighted by atomic mass is 16.5. The molecule has 3 heterocycles. The molecule has 2 aliphatic heterocycles. The normalized spacial score (nSPS) is 20.7. The minimum absolute atomic E-state index is 0.0671. The molecule has 198 valence electrons. The van der Waals surface area contributed by atoms with E-state index in [2.05, 4.69) is 19.2 Å². The fourth-order valence-electron chi connectivity index (χ4n) is 5.24. The Morgan fingerprint density at radius 3 is 2.75 bits per heavy atom. The SMILES string of the molecule is CCOCCCn1c(C(=O)N(CC(C)C)C2CNCC(C(=O)N3CCOCC3)C2)nc2ccccc21. The zero-order valence-corrected chi connectivity index (χ0v) is 21.9. The summed E-state index contributed by atoms with van der Waals surface area (Å²) in [5.41, 5.74) is 1.79. The van der Waals surface area contributed by atoms with Crippen LogP contribution in [0.4, 0.5) is 0 Å². The Morgan fingerprint density at radius 2 is 2.00 bits per heavy atom. The van der Waals surface area contributed by atoms with E-state index in [0.29, 0.717) is 83.9 Å². The van der Waals surface area contributed by atoms with Crippen LogP contribution in [0.3, 0.4) is 0 Å². The lowest BCUT2D eigenvalue weighted by Gasteiger charge is -2.40. The van der Waals surface area contributed by atoms with Gasteiger partial charge in [-0.25, -0.2) is 4.98 Å². The highest BCUT2D eigenvalue weighted by Crippen LogP contribution is 2.24. The number of nitrogens with one attached hydrogen (secondary N) is 1. The Labute approximate surface area is 214 Å². The van der Waals surface area contributed by atoms with E-state index in [0.717, 1.165) is 17.5 Å². The van der Waals surface area contributed by atoms with Crippen LogP contribution in [0.2, 0.25) is 0 Å². The summed E-state index contributed by atoms with van der Waals surface area (Å²) in [6, 6.07) is 7.84. The molecule has 1 aromatic carbocycles. The molecule has 0 bridgehead atoms. The quantitative estimate of drug-likeness (QED) is 0.505. The lowest BCUT2D eigenvalue weighted by molar-refractivity contribution is -0.140. The van der Waals surface area contributed by atoms with E-state index in [1.165, 1.54) is 0 Å². The van der Waals surface area contributed by atoms with Gasteiger partial charge in [0.2, 0.25) is 5.91 Å². The van der Waals surface area contributed by atoms with Crippen LogP contribution >= 0.6 is 0 Å². The van der Waals surface area contributed by atoms with Gasteiger partial charge in [0.25, 0.3) is 5.91 Å². The summed E-state index contributed by atoms with van der Waals surface area (Å²) in [5, 5.41) is 3.44. The molecule has 36 heavy (non-hydrogen) atoms. The van der Waals surface area contributed by atoms with Crippen LogP contribution in [0, 0.1) is 11.8 Å². The number of para-hydroxylation sites is 2. The fraction of sp³-hybridized carbons (Fsp3) is 0.667. The summed E-state index contributed by atoms with van der Waals surface area (Å²) in [7, 11) is 0. The number of piperidine rings is 1. The molecule has 2 amide bonds. The standard InChI is InChI=1S/C27H41N5O4/c1-4-35-13-7-10-31-24-9-6-5-8-23(24)29-25(31)27(34)32(19-20(2)3)22-16-21(17-28-18-22)26(33)30-11-14-36-15-12-30/h5-6,8-9,20-22,28H,4,7,10-19H2,1-3H3. The molecule has 0 radical (unpaired) electrons. The molecular formula is C27H41N5O4. The van der Waals surface area contributed by atoms with Crippen molar-refractivity contribution in [3.63, 3.8) is 0 Å². The molecule has 2 fully saturated rings. The van der Waals surface area contributed by atoms with Crippen LogP contribution in [0.1, 0.15) is 44.2 Å². The third kappa shape index (κ3) is 6.25. The topological polar surface area (TPSA) is 88.9 Å². The number of carbonyl (C=O) groups is 2. The summed E-state index contributed by atoms with van der Waals surface area (Å²) in [5.74, 6) is 0.711. The van der Waals surface area contributed by atoms with Crippen LogP contribution < -0.4 is 5.32 Å². The number of amides is 2. The first-order valence-electron chi connectivity index (χ1n) is 13.4. The van der Waals surface area contributed by atoms with Crippen molar-refractivity contribution in [2.75, 3.05) is 59.2 Å². The average molecular weight is 500 g/mol. The molecule has 1 aromatic heterocycles. The monoisotopic (exact) mass is 499 g/mol. The van der Waals surface area contributed by atoms with Gasteiger partial charge in [-0.3, -0.25) is 9.59 Å². The number of aryl methyl sites for hydroxylation is 1. The van der Waals surface area contributed by atoms with Crippen molar-refractivity contribution in [1.29, 1.82) is 0 Å². The van der Waals surface area contributed by atoms with Crippen LogP contribution in [0.25, 0.3) is 11.0 Å². The number of rotatable bonds is 10. The van der Waals surface area contributed by atoms with Gasteiger partial charge in [0.05, 0.1) is 30.2 Å². The van der Waals surface area contributed by atoms with Crippen LogP contribution in [-0.4, -0.2) is 96.4 Å². The van der Waals surface area contributed by atoms with Crippen molar-refractivity contribution < 1.29 is 19.1 Å². The van der Waals surface area contributed by atoms with Gasteiger partial charge in [-0.1, -0.05) is 26.0 Å². The molecule has 2 aliphatic rings. The van der Waals surface area contributed by atoms with Crippen molar-refractivity contribution in [3.8, 4) is 0 Å². The van der Waals surface area contributed by atoms with Gasteiger partial charge in [-0.15, -0.1) is 0 Å². The van der Waals surface area contributed by atoms with Crippen LogP contribution in [-0.2, 0) is 20.8 Å². The number of carbonyl (C=O) groups excluding carboxylic acids is 2.